The molecule has 4 nitrogen and oxygen atoms in total. The van der Waals surface area contributed by atoms with E-state index in [4.69, 9.17) is 4.74 Å². The van der Waals surface area contributed by atoms with Crippen LogP contribution in [0.3, 0.4) is 0 Å². The zero-order chi connectivity index (χ0) is 15.4. The highest BCUT2D eigenvalue weighted by molar-refractivity contribution is 7.17. The second-order valence-corrected chi connectivity index (χ2v) is 7.02. The third-order valence-corrected chi connectivity index (χ3v) is 4.80. The van der Waals surface area contributed by atoms with Crippen molar-refractivity contribution >= 4 is 28.2 Å². The van der Waals surface area contributed by atoms with Crippen molar-refractivity contribution in [2.75, 3.05) is 11.9 Å². The number of anilines is 1. The van der Waals surface area contributed by atoms with Crippen molar-refractivity contribution in [3.05, 3.63) is 16.0 Å². The molecule has 1 aliphatic carbocycles. The van der Waals surface area contributed by atoms with Gasteiger partial charge in [-0.1, -0.05) is 13.8 Å². The molecule has 1 aliphatic rings. The van der Waals surface area contributed by atoms with E-state index in [1.54, 1.807) is 0 Å². The van der Waals surface area contributed by atoms with E-state index in [0.29, 0.717) is 23.1 Å². The van der Waals surface area contributed by atoms with Crippen molar-refractivity contribution in [2.45, 2.75) is 52.9 Å². The number of thiophene rings is 1. The van der Waals surface area contributed by atoms with Crippen molar-refractivity contribution in [3.8, 4) is 0 Å². The number of carbonyl (C=O) groups excluding carboxylic acids is 2. The molecule has 1 aromatic rings. The lowest BCUT2D eigenvalue weighted by atomic mass is 9.95. The number of hydrogen-bond donors (Lipinski definition) is 1. The Balaban J connectivity index is 2.20. The van der Waals surface area contributed by atoms with E-state index in [-0.39, 0.29) is 11.9 Å². The molecule has 0 fully saturated rings. The Morgan fingerprint density at radius 1 is 1.29 bits per heavy atom. The fourth-order valence-corrected chi connectivity index (χ4v) is 3.81. The molecule has 5 heteroatoms. The molecule has 1 aromatic heterocycles. The molecular weight excluding hydrogens is 286 g/mol. The summed E-state index contributed by atoms with van der Waals surface area (Å²) in [7, 11) is 0. The molecule has 116 valence electrons. The molecular formula is C16H23NO3S. The molecule has 0 atom stereocenters. The predicted molar refractivity (Wildman–Crippen MR) is 85.0 cm³/mol. The molecule has 21 heavy (non-hydrogen) atoms. The summed E-state index contributed by atoms with van der Waals surface area (Å²) in [4.78, 5) is 25.0. The quantitative estimate of drug-likeness (QED) is 0.842. The summed E-state index contributed by atoms with van der Waals surface area (Å²) in [5.41, 5.74) is 1.68. The van der Waals surface area contributed by atoms with Crippen LogP contribution in [0.2, 0.25) is 0 Å². The molecule has 0 spiro atoms. The van der Waals surface area contributed by atoms with Crippen LogP contribution >= 0.6 is 11.3 Å². The van der Waals surface area contributed by atoms with Gasteiger partial charge in [0.05, 0.1) is 12.2 Å². The Morgan fingerprint density at radius 3 is 2.67 bits per heavy atom. The lowest BCUT2D eigenvalue weighted by molar-refractivity contribution is -0.114. The number of ether oxygens (including phenoxy) is 1. The van der Waals surface area contributed by atoms with E-state index in [1.165, 1.54) is 23.1 Å². The van der Waals surface area contributed by atoms with Gasteiger partial charge in [-0.2, -0.15) is 0 Å². The minimum absolute atomic E-state index is 0.148. The molecule has 0 unspecified atom stereocenters. The second-order valence-electron chi connectivity index (χ2n) is 5.91. The molecule has 1 amide bonds. The number of esters is 1. The van der Waals surface area contributed by atoms with Gasteiger partial charge < -0.3 is 10.1 Å². The highest BCUT2D eigenvalue weighted by Gasteiger charge is 2.26. The summed E-state index contributed by atoms with van der Waals surface area (Å²) < 4.78 is 5.40. The average molecular weight is 309 g/mol. The lowest BCUT2D eigenvalue weighted by Gasteiger charge is -2.13. The minimum Gasteiger partial charge on any atom is -0.462 e. The maximum atomic E-state index is 12.4. The molecule has 1 N–H and O–H groups in total. The first kappa shape index (κ1) is 16.0. The van der Waals surface area contributed by atoms with Crippen LogP contribution in [0.15, 0.2) is 0 Å². The van der Waals surface area contributed by atoms with Crippen LogP contribution in [0.25, 0.3) is 0 Å². The number of fused-ring (bicyclic) bond motifs is 1. The third kappa shape index (κ3) is 4.06. The van der Waals surface area contributed by atoms with Gasteiger partial charge in [-0.25, -0.2) is 4.79 Å². The van der Waals surface area contributed by atoms with Crippen molar-refractivity contribution in [1.82, 2.24) is 0 Å². The Bertz CT molecular complexity index is 534. The predicted octanol–water partition coefficient (Wildman–Crippen LogP) is 3.79. The van der Waals surface area contributed by atoms with Gasteiger partial charge in [0.2, 0.25) is 5.91 Å². The maximum absolute atomic E-state index is 12.4. The number of carbonyl (C=O) groups is 2. The first-order valence-corrected chi connectivity index (χ1v) is 8.40. The zero-order valence-corrected chi connectivity index (χ0v) is 13.8. The van der Waals surface area contributed by atoms with Gasteiger partial charge in [0, 0.05) is 11.8 Å². The van der Waals surface area contributed by atoms with Crippen molar-refractivity contribution < 1.29 is 14.3 Å². The summed E-state index contributed by atoms with van der Waals surface area (Å²) >= 11 is 1.53. The Hall–Kier alpha value is -1.36. The van der Waals surface area contributed by atoms with Gasteiger partial charge in [0.1, 0.15) is 5.00 Å². The molecule has 0 bridgehead atoms. The highest BCUT2D eigenvalue weighted by Crippen LogP contribution is 2.38. The molecule has 0 aromatic carbocycles. The van der Waals surface area contributed by atoms with Crippen LogP contribution in [-0.2, 0) is 22.4 Å². The van der Waals surface area contributed by atoms with Crippen LogP contribution in [0.4, 0.5) is 5.00 Å². The van der Waals surface area contributed by atoms with E-state index in [1.807, 2.05) is 0 Å². The van der Waals surface area contributed by atoms with E-state index in [9.17, 15) is 9.59 Å². The summed E-state index contributed by atoms with van der Waals surface area (Å²) in [6.45, 7) is 6.10. The first-order valence-electron chi connectivity index (χ1n) is 7.58. The van der Waals surface area contributed by atoms with Crippen LogP contribution in [-0.4, -0.2) is 18.5 Å². The Morgan fingerprint density at radius 2 is 2.00 bits per heavy atom. The van der Waals surface area contributed by atoms with E-state index >= 15 is 0 Å². The molecule has 0 aliphatic heterocycles. The van der Waals surface area contributed by atoms with Gasteiger partial charge in [-0.05, 0) is 43.6 Å². The van der Waals surface area contributed by atoms with Crippen LogP contribution in [0.5, 0.6) is 0 Å². The third-order valence-electron chi connectivity index (χ3n) is 3.59. The van der Waals surface area contributed by atoms with E-state index in [0.717, 1.165) is 37.7 Å². The normalized spacial score (nSPS) is 13.9. The summed E-state index contributed by atoms with van der Waals surface area (Å²) in [5, 5.41) is 3.45. The van der Waals surface area contributed by atoms with Crippen LogP contribution in [0.1, 0.15) is 60.8 Å². The zero-order valence-electron chi connectivity index (χ0n) is 13.0. The molecule has 1 heterocycles. The van der Waals surface area contributed by atoms with Gasteiger partial charge in [-0.3, -0.25) is 4.79 Å². The second kappa shape index (κ2) is 7.07. The van der Waals surface area contributed by atoms with E-state index < -0.39 is 0 Å². The molecule has 2 rings (SSSR count). The smallest absolute Gasteiger partial charge is 0.341 e. The monoisotopic (exact) mass is 309 g/mol. The van der Waals surface area contributed by atoms with Crippen LogP contribution in [0, 0.1) is 5.92 Å². The Kier molecular flexibility index (Phi) is 5.39. The fraction of sp³-hybridized carbons (Fsp3) is 0.625. The number of aryl methyl sites for hydroxylation is 1. The Labute approximate surface area is 129 Å². The van der Waals surface area contributed by atoms with Crippen LogP contribution < -0.4 is 5.32 Å². The minimum atomic E-state index is -0.293. The van der Waals surface area contributed by atoms with Crippen molar-refractivity contribution in [3.63, 3.8) is 0 Å². The SMILES string of the molecule is CC(=O)Nc1sc2c(c1C(=O)OCCC(C)C)CCCC2. The number of nitrogens with one attached hydrogen (secondary N) is 1. The number of rotatable bonds is 5. The lowest BCUT2D eigenvalue weighted by Crippen LogP contribution is -2.14. The molecule has 0 radical (unpaired) electrons. The largest absolute Gasteiger partial charge is 0.462 e. The van der Waals surface area contributed by atoms with Crippen molar-refractivity contribution in [1.29, 1.82) is 0 Å². The van der Waals surface area contributed by atoms with Crippen molar-refractivity contribution in [2.24, 2.45) is 5.92 Å². The van der Waals surface area contributed by atoms with Gasteiger partial charge in [0.25, 0.3) is 0 Å². The number of amides is 1. The summed E-state index contributed by atoms with van der Waals surface area (Å²) in [5.74, 6) is 0.0626. The van der Waals surface area contributed by atoms with Gasteiger partial charge in [0.15, 0.2) is 0 Å². The maximum Gasteiger partial charge on any atom is 0.341 e. The van der Waals surface area contributed by atoms with E-state index in [2.05, 4.69) is 19.2 Å². The number of hydrogen-bond acceptors (Lipinski definition) is 4. The topological polar surface area (TPSA) is 55.4 Å². The summed E-state index contributed by atoms with van der Waals surface area (Å²) in [6, 6.07) is 0. The summed E-state index contributed by atoms with van der Waals surface area (Å²) in [6.07, 6.45) is 4.99. The van der Waals surface area contributed by atoms with Gasteiger partial charge in [-0.15, -0.1) is 11.3 Å². The first-order chi connectivity index (χ1) is 9.99. The highest BCUT2D eigenvalue weighted by atomic mass is 32.1. The fourth-order valence-electron chi connectivity index (χ4n) is 2.49. The molecule has 0 saturated carbocycles. The molecule has 0 saturated heterocycles. The average Bonchev–Trinajstić information content (AvgIpc) is 2.74. The van der Waals surface area contributed by atoms with Gasteiger partial charge >= 0.3 is 5.97 Å². The standard InChI is InChI=1S/C16H23NO3S/c1-10(2)8-9-20-16(19)14-12-6-4-5-7-13(12)21-15(14)17-11(3)18/h10H,4-9H2,1-3H3,(H,17,18).